The molecule has 102 valence electrons. The number of halogens is 2. The highest BCUT2D eigenvalue weighted by atomic mass is 35.5. The van der Waals surface area contributed by atoms with Gasteiger partial charge in [-0.25, -0.2) is 0 Å². The van der Waals surface area contributed by atoms with Crippen LogP contribution in [0.5, 0.6) is 0 Å². The topological polar surface area (TPSA) is 54.0 Å². The first-order valence-electron chi connectivity index (χ1n) is 5.69. The van der Waals surface area contributed by atoms with Crippen LogP contribution in [0.25, 0.3) is 0 Å². The average Bonchev–Trinajstić information content (AvgIpc) is 2.33. The molecule has 0 unspecified atom stereocenters. The van der Waals surface area contributed by atoms with Crippen LogP contribution < -0.4 is 10.6 Å². The summed E-state index contributed by atoms with van der Waals surface area (Å²) < 4.78 is 0. The molecule has 2 heterocycles. The number of piperidine rings is 1. The van der Waals surface area contributed by atoms with E-state index in [1.807, 2.05) is 13.0 Å². The lowest BCUT2D eigenvalue weighted by molar-refractivity contribution is -0.120. The minimum absolute atomic E-state index is 0. The third-order valence-corrected chi connectivity index (χ3v) is 3.01. The molecular weight excluding hydrogens is 273 g/mol. The molecule has 1 aromatic heterocycles. The van der Waals surface area contributed by atoms with Crippen molar-refractivity contribution in [1.82, 2.24) is 10.3 Å². The molecule has 1 aliphatic rings. The second-order valence-corrected chi connectivity index (χ2v) is 4.20. The minimum atomic E-state index is 0. The first-order valence-corrected chi connectivity index (χ1v) is 5.69. The molecule has 0 radical (unpaired) electrons. The molecule has 0 bridgehead atoms. The van der Waals surface area contributed by atoms with Gasteiger partial charge in [0.15, 0.2) is 0 Å². The maximum absolute atomic E-state index is 12.0. The SMILES string of the molecule is Cc1ccncc1NC(=O)C1CCNCC1.Cl.Cl. The van der Waals surface area contributed by atoms with Gasteiger partial charge in [-0.15, -0.1) is 24.8 Å². The molecule has 0 aliphatic carbocycles. The molecule has 18 heavy (non-hydrogen) atoms. The number of rotatable bonds is 2. The number of hydrogen-bond acceptors (Lipinski definition) is 3. The monoisotopic (exact) mass is 291 g/mol. The van der Waals surface area contributed by atoms with Gasteiger partial charge in [-0.05, 0) is 44.5 Å². The van der Waals surface area contributed by atoms with E-state index in [2.05, 4.69) is 15.6 Å². The van der Waals surface area contributed by atoms with E-state index in [1.54, 1.807) is 12.4 Å². The summed E-state index contributed by atoms with van der Waals surface area (Å²) in [6.07, 6.45) is 5.28. The smallest absolute Gasteiger partial charge is 0.227 e. The summed E-state index contributed by atoms with van der Waals surface area (Å²) in [5, 5.41) is 6.20. The fourth-order valence-corrected chi connectivity index (χ4v) is 1.91. The van der Waals surface area contributed by atoms with Crippen molar-refractivity contribution < 1.29 is 4.79 Å². The van der Waals surface area contributed by atoms with Crippen molar-refractivity contribution in [2.75, 3.05) is 18.4 Å². The van der Waals surface area contributed by atoms with Crippen molar-refractivity contribution in [2.24, 2.45) is 5.92 Å². The van der Waals surface area contributed by atoms with Crippen molar-refractivity contribution in [3.8, 4) is 0 Å². The number of hydrogen-bond donors (Lipinski definition) is 2. The molecule has 0 atom stereocenters. The summed E-state index contributed by atoms with van der Waals surface area (Å²) in [4.78, 5) is 16.0. The Balaban J connectivity index is 0.00000144. The number of nitrogens with one attached hydrogen (secondary N) is 2. The van der Waals surface area contributed by atoms with Gasteiger partial charge in [0.1, 0.15) is 0 Å². The normalized spacial score (nSPS) is 15.2. The standard InChI is InChI=1S/C12H17N3O.2ClH/c1-9-2-5-14-8-11(9)15-12(16)10-3-6-13-7-4-10;;/h2,5,8,10,13H,3-4,6-7H2,1H3,(H,15,16);2*1H. The molecule has 2 rings (SSSR count). The zero-order chi connectivity index (χ0) is 11.4. The number of amides is 1. The van der Waals surface area contributed by atoms with Crippen molar-refractivity contribution >= 4 is 36.4 Å². The first-order chi connectivity index (χ1) is 7.77. The van der Waals surface area contributed by atoms with Gasteiger partial charge in [0, 0.05) is 12.1 Å². The molecular formula is C12H19Cl2N3O. The van der Waals surface area contributed by atoms with Crippen molar-refractivity contribution in [1.29, 1.82) is 0 Å². The van der Waals surface area contributed by atoms with Crippen LogP contribution in [0.4, 0.5) is 5.69 Å². The number of pyridine rings is 1. The maximum atomic E-state index is 12.0. The average molecular weight is 292 g/mol. The number of nitrogens with zero attached hydrogens (tertiary/aromatic N) is 1. The van der Waals surface area contributed by atoms with Gasteiger partial charge >= 0.3 is 0 Å². The van der Waals surface area contributed by atoms with Crippen LogP contribution in [0, 0.1) is 12.8 Å². The van der Waals surface area contributed by atoms with Crippen LogP contribution in [0.3, 0.4) is 0 Å². The lowest BCUT2D eigenvalue weighted by Gasteiger charge is -2.22. The second kappa shape index (κ2) is 8.29. The summed E-state index contributed by atoms with van der Waals surface area (Å²) >= 11 is 0. The Kier molecular flexibility index (Phi) is 7.91. The van der Waals surface area contributed by atoms with Gasteiger partial charge in [0.25, 0.3) is 0 Å². The largest absolute Gasteiger partial charge is 0.324 e. The van der Waals surface area contributed by atoms with Gasteiger partial charge in [-0.3, -0.25) is 9.78 Å². The molecule has 1 aromatic rings. The zero-order valence-corrected chi connectivity index (χ0v) is 11.9. The van der Waals surface area contributed by atoms with E-state index in [0.29, 0.717) is 0 Å². The van der Waals surface area contributed by atoms with Crippen molar-refractivity contribution in [3.63, 3.8) is 0 Å². The summed E-state index contributed by atoms with van der Waals surface area (Å²) in [5.74, 6) is 0.262. The number of carbonyl (C=O) groups is 1. The molecule has 1 saturated heterocycles. The maximum Gasteiger partial charge on any atom is 0.227 e. The van der Waals surface area contributed by atoms with E-state index in [0.717, 1.165) is 37.2 Å². The molecule has 0 spiro atoms. The number of carbonyl (C=O) groups excluding carboxylic acids is 1. The highest BCUT2D eigenvalue weighted by Gasteiger charge is 2.21. The molecule has 4 nitrogen and oxygen atoms in total. The van der Waals surface area contributed by atoms with Gasteiger partial charge in [0.05, 0.1) is 11.9 Å². The fourth-order valence-electron chi connectivity index (χ4n) is 1.91. The predicted octanol–water partition coefficient (Wildman–Crippen LogP) is 2.17. The van der Waals surface area contributed by atoms with Crippen molar-refractivity contribution in [2.45, 2.75) is 19.8 Å². The summed E-state index contributed by atoms with van der Waals surface area (Å²) in [5.41, 5.74) is 1.88. The van der Waals surface area contributed by atoms with Crippen LogP contribution in [-0.4, -0.2) is 24.0 Å². The molecule has 2 N–H and O–H groups in total. The van der Waals surface area contributed by atoms with E-state index < -0.39 is 0 Å². The van der Waals surface area contributed by atoms with Crippen molar-refractivity contribution in [3.05, 3.63) is 24.0 Å². The summed E-state index contributed by atoms with van der Waals surface area (Å²) in [6, 6.07) is 1.90. The van der Waals surface area contributed by atoms with Crippen LogP contribution in [-0.2, 0) is 4.79 Å². The van der Waals surface area contributed by atoms with E-state index in [9.17, 15) is 4.79 Å². The summed E-state index contributed by atoms with van der Waals surface area (Å²) in [6.45, 7) is 3.84. The summed E-state index contributed by atoms with van der Waals surface area (Å²) in [7, 11) is 0. The minimum Gasteiger partial charge on any atom is -0.324 e. The second-order valence-electron chi connectivity index (χ2n) is 4.20. The zero-order valence-electron chi connectivity index (χ0n) is 10.3. The van der Waals surface area contributed by atoms with E-state index in [4.69, 9.17) is 0 Å². The third kappa shape index (κ3) is 4.44. The van der Waals surface area contributed by atoms with E-state index >= 15 is 0 Å². The van der Waals surface area contributed by atoms with Crippen LogP contribution in [0.2, 0.25) is 0 Å². The van der Waals surface area contributed by atoms with Crippen LogP contribution >= 0.6 is 24.8 Å². The lowest BCUT2D eigenvalue weighted by Crippen LogP contribution is -2.34. The molecule has 1 aliphatic heterocycles. The Hall–Kier alpha value is -0.840. The Morgan fingerprint density at radius 3 is 2.67 bits per heavy atom. The third-order valence-electron chi connectivity index (χ3n) is 3.01. The highest BCUT2D eigenvalue weighted by Crippen LogP contribution is 2.17. The molecule has 1 fully saturated rings. The first kappa shape index (κ1) is 17.2. The van der Waals surface area contributed by atoms with Crippen LogP contribution in [0.15, 0.2) is 18.5 Å². The molecule has 1 amide bonds. The Labute approximate surface area is 120 Å². The Morgan fingerprint density at radius 2 is 2.06 bits per heavy atom. The Bertz CT molecular complexity index is 381. The number of aromatic nitrogens is 1. The number of aryl methyl sites for hydroxylation is 1. The van der Waals surface area contributed by atoms with Gasteiger partial charge in [-0.1, -0.05) is 0 Å². The quantitative estimate of drug-likeness (QED) is 0.878. The van der Waals surface area contributed by atoms with Gasteiger partial charge < -0.3 is 10.6 Å². The van der Waals surface area contributed by atoms with Gasteiger partial charge in [0.2, 0.25) is 5.91 Å². The van der Waals surface area contributed by atoms with E-state index in [1.165, 1.54) is 0 Å². The fraction of sp³-hybridized carbons (Fsp3) is 0.500. The van der Waals surface area contributed by atoms with Crippen LogP contribution in [0.1, 0.15) is 18.4 Å². The highest BCUT2D eigenvalue weighted by molar-refractivity contribution is 5.93. The Morgan fingerprint density at radius 1 is 1.39 bits per heavy atom. The van der Waals surface area contributed by atoms with Gasteiger partial charge in [-0.2, -0.15) is 0 Å². The number of anilines is 1. The lowest BCUT2D eigenvalue weighted by atomic mass is 9.97. The molecule has 6 heteroatoms. The van der Waals surface area contributed by atoms with E-state index in [-0.39, 0.29) is 36.6 Å². The molecule has 0 aromatic carbocycles. The predicted molar refractivity (Wildman–Crippen MR) is 77.7 cm³/mol. The molecule has 0 saturated carbocycles.